The van der Waals surface area contributed by atoms with E-state index in [0.29, 0.717) is 19.3 Å². The molecule has 0 aliphatic rings. The minimum atomic E-state index is -0.763. The monoisotopic (exact) mass is 849 g/mol. The Hall–Kier alpha value is -1.59. The Bertz CT molecular complexity index is 931. The lowest BCUT2D eigenvalue weighted by Gasteiger charge is -2.18. The Morgan fingerprint density at radius 1 is 0.333 bits per heavy atom. The summed E-state index contributed by atoms with van der Waals surface area (Å²) >= 11 is 0. The summed E-state index contributed by atoms with van der Waals surface area (Å²) in [5.41, 5.74) is 0. The molecule has 0 amide bonds. The molecule has 0 aliphatic heterocycles. The molecule has 0 aliphatic carbocycles. The summed E-state index contributed by atoms with van der Waals surface area (Å²) in [6.45, 7) is 13.7. The van der Waals surface area contributed by atoms with E-state index in [-0.39, 0.29) is 31.1 Å². The Kier molecular flexibility index (Phi) is 44.2. The van der Waals surface area contributed by atoms with Gasteiger partial charge in [-0.2, -0.15) is 0 Å². The van der Waals surface area contributed by atoms with Crippen LogP contribution < -0.4 is 0 Å². The molecule has 0 saturated carbocycles. The van der Waals surface area contributed by atoms with Gasteiger partial charge in [0.1, 0.15) is 13.2 Å². The lowest BCUT2D eigenvalue weighted by Crippen LogP contribution is -2.30. The summed E-state index contributed by atoms with van der Waals surface area (Å²) in [6, 6.07) is 0. The lowest BCUT2D eigenvalue weighted by atomic mass is 10.00. The predicted molar refractivity (Wildman–Crippen MR) is 256 cm³/mol. The van der Waals surface area contributed by atoms with Gasteiger partial charge in [-0.25, -0.2) is 0 Å². The summed E-state index contributed by atoms with van der Waals surface area (Å²) in [5.74, 6) is 1.63. The zero-order valence-electron chi connectivity index (χ0n) is 41.3. The average molecular weight is 849 g/mol. The third-order valence-corrected chi connectivity index (χ3v) is 12.5. The minimum absolute atomic E-state index is 0.0652. The number of ether oxygens (including phenoxy) is 3. The van der Waals surface area contributed by atoms with Crippen LogP contribution in [-0.4, -0.2) is 37.2 Å². The molecule has 0 aromatic heterocycles. The summed E-state index contributed by atoms with van der Waals surface area (Å²) in [6.07, 6.45) is 45.2. The van der Waals surface area contributed by atoms with Crippen molar-refractivity contribution in [2.75, 3.05) is 13.2 Å². The topological polar surface area (TPSA) is 78.9 Å². The molecular weight excluding hydrogens is 745 g/mol. The second-order valence-electron chi connectivity index (χ2n) is 19.7. The van der Waals surface area contributed by atoms with Crippen LogP contribution >= 0.6 is 0 Å². The molecule has 0 rings (SSSR count). The van der Waals surface area contributed by atoms with Crippen LogP contribution in [0, 0.1) is 17.8 Å². The van der Waals surface area contributed by atoms with E-state index in [1.54, 1.807) is 0 Å². The number of unbranched alkanes of at least 4 members (excludes halogenated alkanes) is 29. The van der Waals surface area contributed by atoms with Crippen molar-refractivity contribution in [2.45, 2.75) is 298 Å². The number of carbonyl (C=O) groups excluding carboxylic acids is 3. The Morgan fingerprint density at radius 2 is 0.583 bits per heavy atom. The molecule has 0 N–H and O–H groups in total. The van der Waals surface area contributed by atoms with Crippen molar-refractivity contribution in [3.63, 3.8) is 0 Å². The smallest absolute Gasteiger partial charge is 0.306 e. The molecule has 0 spiro atoms. The largest absolute Gasteiger partial charge is 0.462 e. The van der Waals surface area contributed by atoms with E-state index in [1.165, 1.54) is 173 Å². The molecule has 6 heteroatoms. The van der Waals surface area contributed by atoms with Crippen LogP contribution in [0.4, 0.5) is 0 Å². The highest BCUT2D eigenvalue weighted by atomic mass is 16.6. The van der Waals surface area contributed by atoms with Crippen molar-refractivity contribution in [2.24, 2.45) is 17.8 Å². The molecule has 0 saturated heterocycles. The molecule has 0 aromatic rings. The first kappa shape index (κ1) is 58.4. The first-order valence-corrected chi connectivity index (χ1v) is 26.6. The van der Waals surface area contributed by atoms with E-state index in [2.05, 4.69) is 41.5 Å². The van der Waals surface area contributed by atoms with E-state index in [9.17, 15) is 14.4 Å². The maximum absolute atomic E-state index is 12.8. The van der Waals surface area contributed by atoms with Crippen LogP contribution in [0.5, 0.6) is 0 Å². The zero-order chi connectivity index (χ0) is 44.2. The van der Waals surface area contributed by atoms with Gasteiger partial charge < -0.3 is 14.2 Å². The van der Waals surface area contributed by atoms with Crippen LogP contribution in [0.1, 0.15) is 292 Å². The predicted octanol–water partition coefficient (Wildman–Crippen LogP) is 17.2. The molecule has 356 valence electrons. The highest BCUT2D eigenvalue weighted by Crippen LogP contribution is 2.18. The Balaban J connectivity index is 4.25. The highest BCUT2D eigenvalue weighted by Gasteiger charge is 2.19. The molecule has 0 aromatic carbocycles. The number of hydrogen-bond acceptors (Lipinski definition) is 6. The number of hydrogen-bond donors (Lipinski definition) is 0. The van der Waals surface area contributed by atoms with Crippen molar-refractivity contribution in [3.8, 4) is 0 Å². The van der Waals surface area contributed by atoms with Gasteiger partial charge in [0.15, 0.2) is 6.10 Å². The van der Waals surface area contributed by atoms with Gasteiger partial charge >= 0.3 is 17.9 Å². The van der Waals surface area contributed by atoms with Crippen molar-refractivity contribution in [1.82, 2.24) is 0 Å². The Labute approximate surface area is 374 Å². The Morgan fingerprint density at radius 3 is 0.867 bits per heavy atom. The van der Waals surface area contributed by atoms with Crippen LogP contribution in [0.25, 0.3) is 0 Å². The molecule has 60 heavy (non-hydrogen) atoms. The van der Waals surface area contributed by atoms with E-state index in [0.717, 1.165) is 75.5 Å². The fourth-order valence-corrected chi connectivity index (χ4v) is 8.08. The van der Waals surface area contributed by atoms with Gasteiger partial charge in [0.05, 0.1) is 0 Å². The maximum atomic E-state index is 12.8. The van der Waals surface area contributed by atoms with Crippen LogP contribution in [0.15, 0.2) is 0 Å². The summed E-state index contributed by atoms with van der Waals surface area (Å²) < 4.78 is 16.8. The maximum Gasteiger partial charge on any atom is 0.306 e. The van der Waals surface area contributed by atoms with Crippen molar-refractivity contribution < 1.29 is 28.6 Å². The molecule has 0 heterocycles. The van der Waals surface area contributed by atoms with Crippen LogP contribution in [-0.2, 0) is 28.6 Å². The normalized spacial score (nSPS) is 12.6. The van der Waals surface area contributed by atoms with Crippen molar-refractivity contribution >= 4 is 17.9 Å². The number of rotatable bonds is 47. The van der Waals surface area contributed by atoms with Crippen molar-refractivity contribution in [3.05, 3.63) is 0 Å². The molecule has 1 unspecified atom stereocenters. The van der Waals surface area contributed by atoms with E-state index >= 15 is 0 Å². The van der Waals surface area contributed by atoms with Gasteiger partial charge in [-0.3, -0.25) is 14.4 Å². The zero-order valence-corrected chi connectivity index (χ0v) is 41.3. The highest BCUT2D eigenvalue weighted by molar-refractivity contribution is 5.71. The van der Waals surface area contributed by atoms with Gasteiger partial charge in [-0.1, -0.05) is 253 Å². The lowest BCUT2D eigenvalue weighted by molar-refractivity contribution is -0.167. The van der Waals surface area contributed by atoms with Gasteiger partial charge in [0.2, 0.25) is 0 Å². The van der Waals surface area contributed by atoms with E-state index in [4.69, 9.17) is 14.2 Å². The average Bonchev–Trinajstić information content (AvgIpc) is 3.22. The molecule has 6 nitrogen and oxygen atoms in total. The molecule has 0 bridgehead atoms. The first-order valence-electron chi connectivity index (χ1n) is 26.6. The summed E-state index contributed by atoms with van der Waals surface area (Å²) in [5, 5.41) is 0. The molecule has 0 fully saturated rings. The third kappa shape index (κ3) is 45.9. The van der Waals surface area contributed by atoms with Gasteiger partial charge in [-0.15, -0.1) is 0 Å². The SMILES string of the molecule is CCC(C)CCCCCCCCC(=O)O[C@H](COC(=O)CCCCCCCCCCCCCCCCCC(C)C)COC(=O)CCCCCCCCCCCCCC(C)C. The second-order valence-corrected chi connectivity index (χ2v) is 19.7. The van der Waals surface area contributed by atoms with E-state index in [1.807, 2.05) is 0 Å². The third-order valence-electron chi connectivity index (χ3n) is 12.5. The summed E-state index contributed by atoms with van der Waals surface area (Å²) in [4.78, 5) is 37.9. The first-order chi connectivity index (χ1) is 29.1. The number of esters is 3. The number of carbonyl (C=O) groups is 3. The van der Waals surface area contributed by atoms with Gasteiger partial charge in [0.25, 0.3) is 0 Å². The summed E-state index contributed by atoms with van der Waals surface area (Å²) in [7, 11) is 0. The van der Waals surface area contributed by atoms with Crippen LogP contribution in [0.2, 0.25) is 0 Å². The minimum Gasteiger partial charge on any atom is -0.462 e. The van der Waals surface area contributed by atoms with Crippen LogP contribution in [0.3, 0.4) is 0 Å². The molecular formula is C54H104O6. The van der Waals surface area contributed by atoms with E-state index < -0.39 is 6.10 Å². The molecule has 0 radical (unpaired) electrons. The molecule has 2 atom stereocenters. The fourth-order valence-electron chi connectivity index (χ4n) is 8.08. The second kappa shape index (κ2) is 45.4. The fraction of sp³-hybridized carbons (Fsp3) is 0.944. The van der Waals surface area contributed by atoms with Gasteiger partial charge in [0, 0.05) is 19.3 Å². The standard InChI is InChI=1S/C54H104O6/c1-7-50(6)42-36-30-26-27-33-39-45-54(57)60-51(47-59-53(56)44-38-32-25-21-17-13-15-19-23-29-35-41-49(4)5)46-58-52(55)43-37-31-24-20-16-12-10-8-9-11-14-18-22-28-34-40-48(2)3/h48-51H,7-47H2,1-6H3/t50?,51-/m1/s1. The van der Waals surface area contributed by atoms with Crippen molar-refractivity contribution in [1.29, 1.82) is 0 Å². The van der Waals surface area contributed by atoms with Gasteiger partial charge in [-0.05, 0) is 37.0 Å². The quantitative estimate of drug-likeness (QED) is 0.0345.